The molecule has 0 atom stereocenters. The van der Waals surface area contributed by atoms with Gasteiger partial charge in [-0.05, 0) is 55.3 Å². The van der Waals surface area contributed by atoms with Crippen LogP contribution in [0.25, 0.3) is 0 Å². The van der Waals surface area contributed by atoms with E-state index in [1.165, 1.54) is 11.3 Å². The Labute approximate surface area is 180 Å². The summed E-state index contributed by atoms with van der Waals surface area (Å²) in [5.74, 6) is 0.796. The number of benzene rings is 2. The van der Waals surface area contributed by atoms with Crippen molar-refractivity contribution in [3.05, 3.63) is 53.6 Å². The lowest BCUT2D eigenvalue weighted by Crippen LogP contribution is -2.44. The van der Waals surface area contributed by atoms with E-state index in [1.54, 1.807) is 0 Å². The molecule has 162 valence electrons. The van der Waals surface area contributed by atoms with E-state index in [9.17, 15) is 4.79 Å². The van der Waals surface area contributed by atoms with Crippen molar-refractivity contribution in [1.29, 1.82) is 0 Å². The molecule has 1 saturated heterocycles. The van der Waals surface area contributed by atoms with Crippen molar-refractivity contribution in [3.63, 3.8) is 0 Å². The third-order valence-electron chi connectivity index (χ3n) is 5.40. The largest absolute Gasteiger partial charge is 0.473 e. The number of rotatable bonds is 5. The quantitative estimate of drug-likeness (QED) is 0.726. The number of amides is 2. The summed E-state index contributed by atoms with van der Waals surface area (Å²) in [5, 5.41) is 5.63. The maximum atomic E-state index is 12.2. The molecule has 0 radical (unpaired) electrons. The normalized spacial score (nSPS) is 15.0. The van der Waals surface area contributed by atoms with E-state index in [4.69, 9.17) is 4.74 Å². The second-order valence-corrected chi connectivity index (χ2v) is 9.01. The number of aryl methyl sites for hydroxylation is 1. The molecule has 0 bridgehead atoms. The second kappa shape index (κ2) is 9.39. The van der Waals surface area contributed by atoms with Crippen molar-refractivity contribution in [2.45, 2.75) is 33.1 Å². The van der Waals surface area contributed by atoms with Crippen molar-refractivity contribution in [3.8, 4) is 5.75 Å². The molecule has 3 rings (SSSR count). The first kappa shape index (κ1) is 22.0. The van der Waals surface area contributed by atoms with Crippen molar-refractivity contribution < 1.29 is 9.53 Å². The first-order chi connectivity index (χ1) is 14.2. The number of nitrogens with zero attached hydrogens (tertiary/aromatic N) is 2. The van der Waals surface area contributed by atoms with Gasteiger partial charge in [-0.1, -0.05) is 38.5 Å². The molecule has 2 amide bonds. The number of urea groups is 1. The molecule has 2 aromatic rings. The number of nitrogens with one attached hydrogen (secondary N) is 2. The van der Waals surface area contributed by atoms with E-state index >= 15 is 0 Å². The molecule has 0 saturated carbocycles. The molecule has 2 N–H and O–H groups in total. The zero-order chi connectivity index (χ0) is 21.7. The highest BCUT2D eigenvalue weighted by Crippen LogP contribution is 2.32. The van der Waals surface area contributed by atoms with Gasteiger partial charge in [0.15, 0.2) is 6.73 Å². The minimum atomic E-state index is -0.285. The second-order valence-electron chi connectivity index (χ2n) is 9.01. The van der Waals surface area contributed by atoms with Crippen LogP contribution in [0.5, 0.6) is 5.75 Å². The summed E-state index contributed by atoms with van der Waals surface area (Å²) in [6.07, 6.45) is 0. The van der Waals surface area contributed by atoms with E-state index in [0.29, 0.717) is 0 Å². The lowest BCUT2D eigenvalue weighted by atomic mass is 9.85. The Hall–Kier alpha value is -2.73. The van der Waals surface area contributed by atoms with Crippen LogP contribution in [0.4, 0.5) is 16.2 Å². The molecule has 2 aromatic carbocycles. The molecular weight excluding hydrogens is 376 g/mol. The first-order valence-corrected chi connectivity index (χ1v) is 10.5. The van der Waals surface area contributed by atoms with Crippen LogP contribution in [-0.2, 0) is 5.41 Å². The molecule has 0 aromatic heterocycles. The van der Waals surface area contributed by atoms with Crippen molar-refractivity contribution in [2.75, 3.05) is 50.2 Å². The lowest BCUT2D eigenvalue weighted by molar-refractivity contribution is 0.233. The van der Waals surface area contributed by atoms with Gasteiger partial charge in [-0.15, -0.1) is 0 Å². The van der Waals surface area contributed by atoms with Gasteiger partial charge < -0.3 is 25.2 Å². The lowest BCUT2D eigenvalue weighted by Gasteiger charge is -2.34. The average molecular weight is 411 g/mol. The molecule has 1 aliphatic rings. The summed E-state index contributed by atoms with van der Waals surface area (Å²) in [6, 6.07) is 13.8. The topological polar surface area (TPSA) is 56.8 Å². The summed E-state index contributed by atoms with van der Waals surface area (Å²) < 4.78 is 5.85. The van der Waals surface area contributed by atoms with E-state index in [0.717, 1.165) is 43.2 Å². The predicted molar refractivity (Wildman–Crippen MR) is 124 cm³/mol. The fourth-order valence-corrected chi connectivity index (χ4v) is 3.53. The van der Waals surface area contributed by atoms with Crippen LogP contribution >= 0.6 is 0 Å². The molecule has 6 heteroatoms. The Morgan fingerprint density at radius 1 is 1.03 bits per heavy atom. The highest BCUT2D eigenvalue weighted by molar-refractivity contribution is 5.89. The summed E-state index contributed by atoms with van der Waals surface area (Å²) in [4.78, 5) is 16.9. The molecular formula is C24H34N4O2. The fraction of sp³-hybridized carbons (Fsp3) is 0.458. The van der Waals surface area contributed by atoms with Gasteiger partial charge in [0, 0.05) is 37.6 Å². The standard InChI is InChI=1S/C24H34N4O2/c1-18-6-11-22(21(16-18)24(2,3)4)30-17-25-23(29)26-19-7-9-20(10-8-19)28-14-12-27(5)13-15-28/h6-11,16H,12-15,17H2,1-5H3,(H2,25,26,29). The van der Waals surface area contributed by atoms with Crippen molar-refractivity contribution in [1.82, 2.24) is 10.2 Å². The Bertz CT molecular complexity index is 850. The smallest absolute Gasteiger partial charge is 0.321 e. The van der Waals surface area contributed by atoms with E-state index < -0.39 is 0 Å². The van der Waals surface area contributed by atoms with Gasteiger partial charge >= 0.3 is 6.03 Å². The zero-order valence-electron chi connectivity index (χ0n) is 18.8. The minimum Gasteiger partial charge on any atom is -0.473 e. The molecule has 30 heavy (non-hydrogen) atoms. The third-order valence-corrected chi connectivity index (χ3v) is 5.40. The molecule has 0 aliphatic carbocycles. The Kier molecular flexibility index (Phi) is 6.87. The SMILES string of the molecule is Cc1ccc(OCNC(=O)Nc2ccc(N3CCN(C)CC3)cc2)c(C(C)(C)C)c1. The van der Waals surface area contributed by atoms with Gasteiger partial charge in [0.05, 0.1) is 0 Å². The number of hydrogen-bond donors (Lipinski definition) is 2. The monoisotopic (exact) mass is 410 g/mol. The van der Waals surface area contributed by atoms with Crippen LogP contribution in [0.3, 0.4) is 0 Å². The Morgan fingerprint density at radius 3 is 2.33 bits per heavy atom. The van der Waals surface area contributed by atoms with Crippen LogP contribution in [0.15, 0.2) is 42.5 Å². The average Bonchev–Trinajstić information content (AvgIpc) is 2.69. The highest BCUT2D eigenvalue weighted by atomic mass is 16.5. The Balaban J connectivity index is 1.50. The molecule has 0 unspecified atom stereocenters. The van der Waals surface area contributed by atoms with E-state index in [2.05, 4.69) is 73.4 Å². The van der Waals surface area contributed by atoms with Gasteiger partial charge in [0.1, 0.15) is 5.75 Å². The minimum absolute atomic E-state index is 0.0326. The van der Waals surface area contributed by atoms with E-state index in [-0.39, 0.29) is 18.2 Å². The molecule has 1 heterocycles. The fourth-order valence-electron chi connectivity index (χ4n) is 3.53. The number of carbonyl (C=O) groups is 1. The van der Waals surface area contributed by atoms with Crippen LogP contribution < -0.4 is 20.3 Å². The predicted octanol–water partition coefficient (Wildman–Crippen LogP) is 4.20. The number of likely N-dealkylation sites (N-methyl/N-ethyl adjacent to an activating group) is 1. The summed E-state index contributed by atoms with van der Waals surface area (Å²) in [7, 11) is 2.15. The van der Waals surface area contributed by atoms with Crippen LogP contribution in [0, 0.1) is 6.92 Å². The van der Waals surface area contributed by atoms with Gasteiger partial charge in [-0.3, -0.25) is 0 Å². The molecule has 1 fully saturated rings. The van der Waals surface area contributed by atoms with Gasteiger partial charge in [0.2, 0.25) is 0 Å². The van der Waals surface area contributed by atoms with Crippen molar-refractivity contribution >= 4 is 17.4 Å². The van der Waals surface area contributed by atoms with E-state index in [1.807, 2.05) is 24.3 Å². The summed E-state index contributed by atoms with van der Waals surface area (Å²) in [6.45, 7) is 12.8. The van der Waals surface area contributed by atoms with Gasteiger partial charge in [0.25, 0.3) is 0 Å². The number of piperazine rings is 1. The number of hydrogen-bond acceptors (Lipinski definition) is 4. The number of anilines is 2. The van der Waals surface area contributed by atoms with Crippen LogP contribution in [0.2, 0.25) is 0 Å². The van der Waals surface area contributed by atoms with Gasteiger partial charge in [-0.2, -0.15) is 0 Å². The summed E-state index contributed by atoms with van der Waals surface area (Å²) in [5.41, 5.74) is 4.24. The van der Waals surface area contributed by atoms with Crippen LogP contribution in [-0.4, -0.2) is 50.9 Å². The molecule has 0 spiro atoms. The van der Waals surface area contributed by atoms with Gasteiger partial charge in [-0.25, -0.2) is 4.79 Å². The van der Waals surface area contributed by atoms with Crippen molar-refractivity contribution in [2.24, 2.45) is 0 Å². The Morgan fingerprint density at radius 2 is 1.70 bits per heavy atom. The molecule has 6 nitrogen and oxygen atoms in total. The maximum Gasteiger partial charge on any atom is 0.321 e. The molecule has 1 aliphatic heterocycles. The highest BCUT2D eigenvalue weighted by Gasteiger charge is 2.19. The van der Waals surface area contributed by atoms with Crippen LogP contribution in [0.1, 0.15) is 31.9 Å². The maximum absolute atomic E-state index is 12.2. The zero-order valence-corrected chi connectivity index (χ0v) is 18.8. The number of carbonyl (C=O) groups excluding carboxylic acids is 1. The summed E-state index contributed by atoms with van der Waals surface area (Å²) >= 11 is 0. The number of ether oxygens (including phenoxy) is 1. The first-order valence-electron chi connectivity index (χ1n) is 10.5. The third kappa shape index (κ3) is 5.89.